The Morgan fingerprint density at radius 1 is 1.47 bits per heavy atom. The first-order valence-corrected chi connectivity index (χ1v) is 6.12. The molecule has 1 aliphatic carbocycles. The third-order valence-corrected chi connectivity index (χ3v) is 3.74. The Morgan fingerprint density at radius 2 is 2.33 bits per heavy atom. The molecule has 0 amide bonds. The van der Waals surface area contributed by atoms with Gasteiger partial charge < -0.3 is 5.32 Å². The molecule has 2 heterocycles. The SMILES string of the molecule is c1nnc2sc(CNC3CCCC3)nn12. The molecule has 1 aliphatic rings. The van der Waals surface area contributed by atoms with Crippen LogP contribution in [0.2, 0.25) is 0 Å². The Kier molecular flexibility index (Phi) is 2.38. The van der Waals surface area contributed by atoms with Gasteiger partial charge in [0.15, 0.2) is 0 Å². The lowest BCUT2D eigenvalue weighted by Crippen LogP contribution is -2.25. The largest absolute Gasteiger partial charge is 0.308 e. The van der Waals surface area contributed by atoms with Crippen LogP contribution < -0.4 is 5.32 Å². The van der Waals surface area contributed by atoms with Crippen molar-refractivity contribution in [3.05, 3.63) is 11.3 Å². The lowest BCUT2D eigenvalue weighted by atomic mass is 10.2. The molecule has 1 N–H and O–H groups in total. The van der Waals surface area contributed by atoms with Gasteiger partial charge >= 0.3 is 0 Å². The fourth-order valence-electron chi connectivity index (χ4n) is 2.03. The molecule has 0 bridgehead atoms. The van der Waals surface area contributed by atoms with Crippen molar-refractivity contribution in [2.24, 2.45) is 0 Å². The molecule has 0 radical (unpaired) electrons. The highest BCUT2D eigenvalue weighted by Crippen LogP contribution is 2.18. The number of rotatable bonds is 3. The van der Waals surface area contributed by atoms with E-state index in [0.717, 1.165) is 16.5 Å². The van der Waals surface area contributed by atoms with Crippen LogP contribution in [0.25, 0.3) is 4.96 Å². The van der Waals surface area contributed by atoms with Crippen LogP contribution in [0.4, 0.5) is 0 Å². The molecular weight excluding hydrogens is 210 g/mol. The molecule has 5 nitrogen and oxygen atoms in total. The highest BCUT2D eigenvalue weighted by Gasteiger charge is 2.14. The molecule has 2 aromatic heterocycles. The van der Waals surface area contributed by atoms with Crippen LogP contribution >= 0.6 is 11.3 Å². The minimum atomic E-state index is 0.694. The fraction of sp³-hybridized carbons (Fsp3) is 0.667. The highest BCUT2D eigenvalue weighted by atomic mass is 32.1. The Balaban J connectivity index is 1.64. The molecule has 0 aliphatic heterocycles. The van der Waals surface area contributed by atoms with Crippen LogP contribution in [0.3, 0.4) is 0 Å². The fourth-order valence-corrected chi connectivity index (χ4v) is 2.80. The van der Waals surface area contributed by atoms with E-state index in [4.69, 9.17) is 0 Å². The molecule has 1 fully saturated rings. The van der Waals surface area contributed by atoms with Crippen molar-refractivity contribution < 1.29 is 0 Å². The predicted octanol–water partition coefficient (Wildman–Crippen LogP) is 1.22. The van der Waals surface area contributed by atoms with Crippen molar-refractivity contribution in [2.45, 2.75) is 38.3 Å². The zero-order valence-electron chi connectivity index (χ0n) is 8.39. The third-order valence-electron chi connectivity index (χ3n) is 2.83. The Bertz CT molecular complexity index is 413. The van der Waals surface area contributed by atoms with Gasteiger partial charge in [0, 0.05) is 12.6 Å². The van der Waals surface area contributed by atoms with E-state index in [1.54, 1.807) is 22.2 Å². The summed E-state index contributed by atoms with van der Waals surface area (Å²) in [5.41, 5.74) is 0. The van der Waals surface area contributed by atoms with Crippen molar-refractivity contribution in [2.75, 3.05) is 0 Å². The summed E-state index contributed by atoms with van der Waals surface area (Å²) in [5, 5.41) is 16.7. The highest BCUT2D eigenvalue weighted by molar-refractivity contribution is 7.16. The van der Waals surface area contributed by atoms with Gasteiger partial charge in [-0.3, -0.25) is 0 Å². The molecule has 15 heavy (non-hydrogen) atoms. The van der Waals surface area contributed by atoms with Gasteiger partial charge in [-0.25, -0.2) is 0 Å². The van der Waals surface area contributed by atoms with Gasteiger partial charge in [0.25, 0.3) is 0 Å². The van der Waals surface area contributed by atoms with E-state index >= 15 is 0 Å². The van der Waals surface area contributed by atoms with Gasteiger partial charge in [-0.2, -0.15) is 9.61 Å². The smallest absolute Gasteiger partial charge is 0.234 e. The maximum absolute atomic E-state index is 4.38. The number of aromatic nitrogens is 4. The summed E-state index contributed by atoms with van der Waals surface area (Å²) in [6.45, 7) is 0.860. The van der Waals surface area contributed by atoms with Crippen LogP contribution in [-0.2, 0) is 6.54 Å². The van der Waals surface area contributed by atoms with Crippen molar-refractivity contribution in [3.8, 4) is 0 Å². The Hall–Kier alpha value is -1.01. The lowest BCUT2D eigenvalue weighted by molar-refractivity contribution is 0.521. The van der Waals surface area contributed by atoms with Crippen LogP contribution in [0, 0.1) is 0 Å². The van der Waals surface area contributed by atoms with Gasteiger partial charge in [0.05, 0.1) is 0 Å². The lowest BCUT2D eigenvalue weighted by Gasteiger charge is -2.08. The molecule has 0 aromatic carbocycles. The summed E-state index contributed by atoms with van der Waals surface area (Å²) >= 11 is 1.60. The predicted molar refractivity (Wildman–Crippen MR) is 57.8 cm³/mol. The number of fused-ring (bicyclic) bond motifs is 1. The summed E-state index contributed by atoms with van der Waals surface area (Å²) in [4.78, 5) is 0.873. The number of nitrogens with zero attached hydrogens (tertiary/aromatic N) is 4. The van der Waals surface area contributed by atoms with Gasteiger partial charge in [0.2, 0.25) is 4.96 Å². The maximum atomic E-state index is 4.38. The molecule has 0 unspecified atom stereocenters. The summed E-state index contributed by atoms with van der Waals surface area (Å²) in [6.07, 6.45) is 6.99. The van der Waals surface area contributed by atoms with E-state index in [9.17, 15) is 0 Å². The quantitative estimate of drug-likeness (QED) is 0.850. The number of hydrogen-bond donors (Lipinski definition) is 1. The van der Waals surface area contributed by atoms with E-state index in [1.165, 1.54) is 25.7 Å². The molecule has 80 valence electrons. The van der Waals surface area contributed by atoms with E-state index in [1.807, 2.05) is 0 Å². The zero-order valence-corrected chi connectivity index (χ0v) is 9.20. The van der Waals surface area contributed by atoms with E-state index in [0.29, 0.717) is 6.04 Å². The summed E-state index contributed by atoms with van der Waals surface area (Å²) in [6, 6.07) is 0.694. The first-order chi connectivity index (χ1) is 7.42. The second-order valence-corrected chi connectivity index (χ2v) is 4.96. The maximum Gasteiger partial charge on any atom is 0.234 e. The van der Waals surface area contributed by atoms with Crippen LogP contribution in [0.15, 0.2) is 6.33 Å². The minimum absolute atomic E-state index is 0.694. The minimum Gasteiger partial charge on any atom is -0.308 e. The van der Waals surface area contributed by atoms with Crippen molar-refractivity contribution in [3.63, 3.8) is 0 Å². The van der Waals surface area contributed by atoms with Crippen molar-refractivity contribution in [1.82, 2.24) is 25.1 Å². The second-order valence-electron chi connectivity index (χ2n) is 3.92. The molecule has 2 aromatic rings. The molecule has 0 saturated heterocycles. The van der Waals surface area contributed by atoms with E-state index in [2.05, 4.69) is 20.6 Å². The first-order valence-electron chi connectivity index (χ1n) is 5.31. The van der Waals surface area contributed by atoms with Crippen LogP contribution in [0.5, 0.6) is 0 Å². The van der Waals surface area contributed by atoms with E-state index in [-0.39, 0.29) is 0 Å². The summed E-state index contributed by atoms with van der Waals surface area (Å²) in [5.74, 6) is 0. The molecule has 6 heteroatoms. The van der Waals surface area contributed by atoms with Crippen molar-refractivity contribution in [1.29, 1.82) is 0 Å². The average molecular weight is 223 g/mol. The third kappa shape index (κ3) is 1.87. The molecule has 3 rings (SSSR count). The number of hydrogen-bond acceptors (Lipinski definition) is 5. The van der Waals surface area contributed by atoms with Crippen LogP contribution in [0.1, 0.15) is 30.7 Å². The molecular formula is C9H13N5S. The van der Waals surface area contributed by atoms with Gasteiger partial charge in [-0.05, 0) is 12.8 Å². The summed E-state index contributed by atoms with van der Waals surface area (Å²) in [7, 11) is 0. The van der Waals surface area contributed by atoms with Crippen molar-refractivity contribution >= 4 is 16.3 Å². The second kappa shape index (κ2) is 3.86. The summed E-state index contributed by atoms with van der Waals surface area (Å²) < 4.78 is 1.73. The average Bonchev–Trinajstić information content (AvgIpc) is 2.91. The Labute approximate surface area is 91.5 Å². The van der Waals surface area contributed by atoms with Crippen LogP contribution in [-0.4, -0.2) is 25.9 Å². The number of nitrogens with one attached hydrogen (secondary N) is 1. The van der Waals surface area contributed by atoms with Gasteiger partial charge in [-0.15, -0.1) is 10.2 Å². The normalized spacial score (nSPS) is 17.9. The molecule has 0 atom stereocenters. The Morgan fingerprint density at radius 3 is 3.13 bits per heavy atom. The molecule has 0 spiro atoms. The topological polar surface area (TPSA) is 55.1 Å². The van der Waals surface area contributed by atoms with Gasteiger partial charge in [-0.1, -0.05) is 24.2 Å². The standard InChI is InChI=1S/C9H13N5S/c1-2-4-7(3-1)10-5-8-13-14-6-11-12-9(14)15-8/h6-7,10H,1-5H2. The van der Waals surface area contributed by atoms with E-state index < -0.39 is 0 Å². The monoisotopic (exact) mass is 223 g/mol. The van der Waals surface area contributed by atoms with Gasteiger partial charge in [0.1, 0.15) is 11.3 Å². The molecule has 1 saturated carbocycles. The first kappa shape index (κ1) is 9.23. The zero-order chi connectivity index (χ0) is 10.1.